The molecule has 5 heteroatoms. The molecule has 2 fully saturated rings. The third-order valence-corrected chi connectivity index (χ3v) is 6.08. The van der Waals surface area contributed by atoms with Crippen LogP contribution < -0.4 is 5.32 Å². The summed E-state index contributed by atoms with van der Waals surface area (Å²) in [5.74, 6) is 1.97. The lowest BCUT2D eigenvalue weighted by molar-refractivity contribution is 0.488. The Morgan fingerprint density at radius 3 is 2.52 bits per heavy atom. The number of hydrogen-bond acceptors (Lipinski definition) is 4. The van der Waals surface area contributed by atoms with Gasteiger partial charge in [0.05, 0.1) is 0 Å². The first-order valence-corrected chi connectivity index (χ1v) is 9.45. The first-order valence-electron chi connectivity index (χ1n) is 8.57. The Hall–Kier alpha value is -0.550. The summed E-state index contributed by atoms with van der Waals surface area (Å²) in [6.45, 7) is 4.55. The zero-order chi connectivity index (χ0) is 14.8. The fourth-order valence-electron chi connectivity index (χ4n) is 3.08. The van der Waals surface area contributed by atoms with Crippen LogP contribution in [0.15, 0.2) is 5.16 Å². The lowest BCUT2D eigenvalue weighted by Gasteiger charge is -2.25. The van der Waals surface area contributed by atoms with Crippen LogP contribution in [0.25, 0.3) is 0 Å². The lowest BCUT2D eigenvalue weighted by atomic mass is 10.1. The van der Waals surface area contributed by atoms with Crippen molar-refractivity contribution in [2.75, 3.05) is 7.05 Å². The summed E-state index contributed by atoms with van der Waals surface area (Å²) in [5, 5.41) is 14.3. The number of nitrogens with one attached hydrogen (secondary N) is 1. The SMILES string of the molecule is CCCC(NC)C(CC)Sc1nnc(C2CC2)n1C1CC1. The van der Waals surface area contributed by atoms with E-state index >= 15 is 0 Å². The molecule has 2 atom stereocenters. The number of aromatic nitrogens is 3. The van der Waals surface area contributed by atoms with Gasteiger partial charge < -0.3 is 9.88 Å². The molecule has 0 aliphatic heterocycles. The highest BCUT2D eigenvalue weighted by Gasteiger charge is 2.37. The summed E-state index contributed by atoms with van der Waals surface area (Å²) in [5.41, 5.74) is 0. The molecule has 1 N–H and O–H groups in total. The van der Waals surface area contributed by atoms with Crippen molar-refractivity contribution in [3.63, 3.8) is 0 Å². The van der Waals surface area contributed by atoms with Gasteiger partial charge >= 0.3 is 0 Å². The maximum Gasteiger partial charge on any atom is 0.191 e. The van der Waals surface area contributed by atoms with Crippen molar-refractivity contribution in [1.82, 2.24) is 20.1 Å². The molecule has 1 aromatic rings. The highest BCUT2D eigenvalue weighted by atomic mass is 32.2. The molecular formula is C16H28N4S. The minimum atomic E-state index is 0.568. The summed E-state index contributed by atoms with van der Waals surface area (Å²) >= 11 is 1.95. The molecule has 0 radical (unpaired) electrons. The Morgan fingerprint density at radius 1 is 1.24 bits per heavy atom. The van der Waals surface area contributed by atoms with Gasteiger partial charge in [-0.15, -0.1) is 10.2 Å². The fourth-order valence-corrected chi connectivity index (χ4v) is 4.40. The van der Waals surface area contributed by atoms with Gasteiger partial charge in [-0.1, -0.05) is 32.0 Å². The standard InChI is InChI=1S/C16H28N4S/c1-4-6-13(17-3)14(5-2)21-16-19-18-15(11-7-8-11)20(16)12-9-10-12/h11-14,17H,4-10H2,1-3H3. The Morgan fingerprint density at radius 2 is 2.00 bits per heavy atom. The second kappa shape index (κ2) is 6.69. The number of hydrogen-bond donors (Lipinski definition) is 1. The van der Waals surface area contributed by atoms with E-state index in [1.165, 1.54) is 55.9 Å². The Kier molecular flexibility index (Phi) is 4.89. The average molecular weight is 308 g/mol. The van der Waals surface area contributed by atoms with Gasteiger partial charge in [0, 0.05) is 23.3 Å². The summed E-state index contributed by atoms with van der Waals surface area (Å²) in [4.78, 5) is 0. The van der Waals surface area contributed by atoms with Gasteiger partial charge in [-0.2, -0.15) is 0 Å². The number of nitrogens with zero attached hydrogens (tertiary/aromatic N) is 3. The molecule has 0 bridgehead atoms. The van der Waals surface area contributed by atoms with E-state index in [4.69, 9.17) is 0 Å². The van der Waals surface area contributed by atoms with E-state index in [9.17, 15) is 0 Å². The van der Waals surface area contributed by atoms with E-state index in [0.29, 0.717) is 23.3 Å². The molecule has 0 amide bonds. The minimum Gasteiger partial charge on any atom is -0.316 e. The van der Waals surface area contributed by atoms with Crippen molar-refractivity contribution in [1.29, 1.82) is 0 Å². The van der Waals surface area contributed by atoms with Gasteiger partial charge in [0.25, 0.3) is 0 Å². The minimum absolute atomic E-state index is 0.568. The van der Waals surface area contributed by atoms with E-state index in [0.717, 1.165) is 0 Å². The van der Waals surface area contributed by atoms with Gasteiger partial charge in [0.1, 0.15) is 5.82 Å². The van der Waals surface area contributed by atoms with Crippen LogP contribution in [-0.4, -0.2) is 33.1 Å². The van der Waals surface area contributed by atoms with Crippen LogP contribution >= 0.6 is 11.8 Å². The summed E-state index contributed by atoms with van der Waals surface area (Å²) in [6.07, 6.45) is 8.87. The maximum atomic E-state index is 4.55. The Balaban J connectivity index is 1.76. The molecule has 1 aromatic heterocycles. The molecule has 0 saturated heterocycles. The van der Waals surface area contributed by atoms with E-state index in [-0.39, 0.29) is 0 Å². The van der Waals surface area contributed by atoms with Crippen molar-refractivity contribution >= 4 is 11.8 Å². The second-order valence-corrected chi connectivity index (χ2v) is 7.67. The van der Waals surface area contributed by atoms with E-state index in [2.05, 4.69) is 41.0 Å². The van der Waals surface area contributed by atoms with Gasteiger partial charge in [0.15, 0.2) is 5.16 Å². The maximum absolute atomic E-state index is 4.55. The smallest absolute Gasteiger partial charge is 0.191 e. The van der Waals surface area contributed by atoms with E-state index in [1.54, 1.807) is 0 Å². The zero-order valence-electron chi connectivity index (χ0n) is 13.5. The lowest BCUT2D eigenvalue weighted by Crippen LogP contribution is -2.35. The molecule has 2 saturated carbocycles. The quantitative estimate of drug-likeness (QED) is 0.706. The van der Waals surface area contributed by atoms with E-state index < -0.39 is 0 Å². The van der Waals surface area contributed by atoms with Gasteiger partial charge in [0.2, 0.25) is 0 Å². The highest BCUT2D eigenvalue weighted by molar-refractivity contribution is 7.99. The molecule has 3 rings (SSSR count). The first kappa shape index (κ1) is 15.3. The second-order valence-electron chi connectivity index (χ2n) is 6.46. The van der Waals surface area contributed by atoms with Crippen LogP contribution in [0, 0.1) is 0 Å². The number of thioether (sulfide) groups is 1. The topological polar surface area (TPSA) is 42.7 Å². The summed E-state index contributed by atoms with van der Waals surface area (Å²) < 4.78 is 2.48. The van der Waals surface area contributed by atoms with Crippen molar-refractivity contribution in [3.8, 4) is 0 Å². The van der Waals surface area contributed by atoms with Crippen molar-refractivity contribution in [3.05, 3.63) is 5.82 Å². The zero-order valence-corrected chi connectivity index (χ0v) is 14.3. The molecule has 118 valence electrons. The molecule has 1 heterocycles. The average Bonchev–Trinajstić information content (AvgIpc) is 3.41. The number of rotatable bonds is 9. The largest absolute Gasteiger partial charge is 0.316 e. The predicted molar refractivity (Wildman–Crippen MR) is 88.0 cm³/mol. The Labute approximate surface area is 132 Å². The van der Waals surface area contributed by atoms with Crippen molar-refractivity contribution in [2.45, 2.75) is 87.2 Å². The first-order chi connectivity index (χ1) is 10.3. The third-order valence-electron chi connectivity index (χ3n) is 4.62. The Bertz CT molecular complexity index is 465. The van der Waals surface area contributed by atoms with Crippen LogP contribution in [0.2, 0.25) is 0 Å². The molecular weight excluding hydrogens is 280 g/mol. The molecule has 0 aromatic carbocycles. The monoisotopic (exact) mass is 308 g/mol. The molecule has 0 spiro atoms. The van der Waals surface area contributed by atoms with E-state index in [1.807, 2.05) is 11.8 Å². The summed E-state index contributed by atoms with van der Waals surface area (Å²) in [7, 11) is 2.09. The summed E-state index contributed by atoms with van der Waals surface area (Å²) in [6, 6.07) is 1.26. The van der Waals surface area contributed by atoms with Crippen LogP contribution in [0.3, 0.4) is 0 Å². The van der Waals surface area contributed by atoms with Gasteiger partial charge in [-0.05, 0) is 45.6 Å². The molecule has 2 aliphatic carbocycles. The van der Waals surface area contributed by atoms with Gasteiger partial charge in [-0.25, -0.2) is 0 Å². The molecule has 4 nitrogen and oxygen atoms in total. The fraction of sp³-hybridized carbons (Fsp3) is 0.875. The predicted octanol–water partition coefficient (Wildman–Crippen LogP) is 3.75. The van der Waals surface area contributed by atoms with Crippen LogP contribution in [-0.2, 0) is 0 Å². The van der Waals surface area contributed by atoms with Gasteiger partial charge in [-0.3, -0.25) is 0 Å². The molecule has 2 unspecified atom stereocenters. The highest BCUT2D eigenvalue weighted by Crippen LogP contribution is 2.46. The van der Waals surface area contributed by atoms with Crippen LogP contribution in [0.1, 0.15) is 76.6 Å². The molecule has 2 aliphatic rings. The van der Waals surface area contributed by atoms with Crippen LogP contribution in [0.4, 0.5) is 0 Å². The third kappa shape index (κ3) is 3.45. The van der Waals surface area contributed by atoms with Crippen molar-refractivity contribution < 1.29 is 0 Å². The van der Waals surface area contributed by atoms with Crippen LogP contribution in [0.5, 0.6) is 0 Å². The molecule has 21 heavy (non-hydrogen) atoms. The van der Waals surface area contributed by atoms with Crippen molar-refractivity contribution in [2.24, 2.45) is 0 Å². The normalized spacial score (nSPS) is 21.5.